The number of piperidine rings is 1. The molecule has 86 valence electrons. The summed E-state index contributed by atoms with van der Waals surface area (Å²) in [4.78, 5) is 14.1. The van der Waals surface area contributed by atoms with Crippen LogP contribution in [-0.2, 0) is 4.79 Å². The summed E-state index contributed by atoms with van der Waals surface area (Å²) in [6.45, 7) is 2.10. The van der Waals surface area contributed by atoms with Crippen LogP contribution >= 0.6 is 0 Å². The van der Waals surface area contributed by atoms with Gasteiger partial charge in [0.05, 0.1) is 5.54 Å². The highest BCUT2D eigenvalue weighted by atomic mass is 16.2. The molecule has 0 spiro atoms. The number of likely N-dealkylation sites (N-methyl/N-ethyl adjacent to an activating group) is 1. The Bertz CT molecular complexity index is 250. The monoisotopic (exact) mass is 211 g/mol. The fourth-order valence-electron chi connectivity index (χ4n) is 2.40. The van der Waals surface area contributed by atoms with E-state index < -0.39 is 5.54 Å². The lowest BCUT2D eigenvalue weighted by Gasteiger charge is -2.39. The molecule has 1 unspecified atom stereocenters. The van der Waals surface area contributed by atoms with Crippen molar-refractivity contribution in [2.75, 3.05) is 20.1 Å². The van der Waals surface area contributed by atoms with Crippen molar-refractivity contribution in [2.24, 2.45) is 5.73 Å². The number of carbonyl (C=O) groups is 1. The van der Waals surface area contributed by atoms with Crippen molar-refractivity contribution in [2.45, 2.75) is 43.7 Å². The Morgan fingerprint density at radius 3 is 2.73 bits per heavy atom. The molecular weight excluding hydrogens is 190 g/mol. The third kappa shape index (κ3) is 2.32. The Kier molecular flexibility index (Phi) is 2.98. The first-order valence-corrected chi connectivity index (χ1v) is 5.88. The van der Waals surface area contributed by atoms with Gasteiger partial charge in [-0.25, -0.2) is 0 Å². The third-order valence-electron chi connectivity index (χ3n) is 3.66. The molecule has 0 aromatic heterocycles. The highest BCUT2D eigenvalue weighted by Gasteiger charge is 2.40. The van der Waals surface area contributed by atoms with Crippen LogP contribution in [0.5, 0.6) is 0 Å². The first-order chi connectivity index (χ1) is 7.10. The van der Waals surface area contributed by atoms with Crippen LogP contribution in [0, 0.1) is 0 Å². The molecule has 1 saturated heterocycles. The van der Waals surface area contributed by atoms with Crippen LogP contribution in [0.3, 0.4) is 0 Å². The maximum absolute atomic E-state index is 11.9. The number of carbonyl (C=O) groups excluding carboxylic acids is 1. The number of hydrogen-bond acceptors (Lipinski definition) is 3. The molecule has 1 aliphatic carbocycles. The molecular formula is C11H21N3O. The topological polar surface area (TPSA) is 58.4 Å². The van der Waals surface area contributed by atoms with Crippen molar-refractivity contribution in [1.82, 2.24) is 10.2 Å². The van der Waals surface area contributed by atoms with Crippen molar-refractivity contribution < 1.29 is 4.79 Å². The number of rotatable bonds is 2. The number of likely N-dealkylation sites (tertiary alicyclic amines) is 1. The van der Waals surface area contributed by atoms with Crippen molar-refractivity contribution >= 4 is 5.91 Å². The molecule has 1 amide bonds. The summed E-state index contributed by atoms with van der Waals surface area (Å²) in [5, 5.41) is 3.09. The standard InChI is InChI=1S/C11H21N3O/c1-14-7-2-4-9(8-14)13-10(15)11(12)5-3-6-11/h9H,2-8,12H2,1H3,(H,13,15). The number of hydrogen-bond donors (Lipinski definition) is 2. The lowest BCUT2D eigenvalue weighted by atomic mass is 9.77. The van der Waals surface area contributed by atoms with Crippen LogP contribution in [0.25, 0.3) is 0 Å². The number of nitrogens with one attached hydrogen (secondary N) is 1. The zero-order chi connectivity index (χ0) is 10.9. The van der Waals surface area contributed by atoms with E-state index >= 15 is 0 Å². The molecule has 1 atom stereocenters. The summed E-state index contributed by atoms with van der Waals surface area (Å²) in [7, 11) is 2.10. The van der Waals surface area contributed by atoms with E-state index in [0.29, 0.717) is 6.04 Å². The summed E-state index contributed by atoms with van der Waals surface area (Å²) in [5.41, 5.74) is 5.43. The molecule has 1 aliphatic heterocycles. The van der Waals surface area contributed by atoms with E-state index in [2.05, 4.69) is 17.3 Å². The highest BCUT2D eigenvalue weighted by molar-refractivity contribution is 5.87. The summed E-state index contributed by atoms with van der Waals surface area (Å²) in [5.74, 6) is 0.0639. The van der Waals surface area contributed by atoms with Gasteiger partial charge in [-0.05, 0) is 45.7 Å². The smallest absolute Gasteiger partial charge is 0.240 e. The number of amides is 1. The summed E-state index contributed by atoms with van der Waals surface area (Å²) < 4.78 is 0. The van der Waals surface area contributed by atoms with Crippen molar-refractivity contribution in [1.29, 1.82) is 0 Å². The molecule has 0 bridgehead atoms. The SMILES string of the molecule is CN1CCCC(NC(=O)C2(N)CCC2)C1. The second kappa shape index (κ2) is 4.10. The van der Waals surface area contributed by atoms with E-state index in [1.165, 1.54) is 6.42 Å². The molecule has 2 fully saturated rings. The average molecular weight is 211 g/mol. The summed E-state index contributed by atoms with van der Waals surface area (Å²) in [6, 6.07) is 0.303. The van der Waals surface area contributed by atoms with E-state index in [0.717, 1.165) is 38.8 Å². The molecule has 3 N–H and O–H groups in total. The number of nitrogens with two attached hydrogens (primary N) is 1. The van der Waals surface area contributed by atoms with Crippen molar-refractivity contribution in [3.63, 3.8) is 0 Å². The van der Waals surface area contributed by atoms with Gasteiger partial charge in [0.2, 0.25) is 5.91 Å². The van der Waals surface area contributed by atoms with Gasteiger partial charge >= 0.3 is 0 Å². The fourth-order valence-corrected chi connectivity index (χ4v) is 2.40. The molecule has 0 aromatic carbocycles. The molecule has 0 radical (unpaired) electrons. The fraction of sp³-hybridized carbons (Fsp3) is 0.909. The molecule has 0 aromatic rings. The average Bonchev–Trinajstić information content (AvgIpc) is 2.14. The van der Waals surface area contributed by atoms with Gasteiger partial charge in [0.15, 0.2) is 0 Å². The van der Waals surface area contributed by atoms with Crippen LogP contribution < -0.4 is 11.1 Å². The van der Waals surface area contributed by atoms with Gasteiger partial charge < -0.3 is 16.0 Å². The van der Waals surface area contributed by atoms with Gasteiger partial charge in [0, 0.05) is 12.6 Å². The van der Waals surface area contributed by atoms with Crippen LogP contribution in [0.15, 0.2) is 0 Å². The zero-order valence-corrected chi connectivity index (χ0v) is 9.46. The second-order valence-electron chi connectivity index (χ2n) is 5.08. The number of nitrogens with zero attached hydrogens (tertiary/aromatic N) is 1. The molecule has 1 saturated carbocycles. The summed E-state index contributed by atoms with van der Waals surface area (Å²) in [6.07, 6.45) is 5.04. The first kappa shape index (κ1) is 10.9. The molecule has 4 nitrogen and oxygen atoms in total. The minimum absolute atomic E-state index is 0.0639. The van der Waals surface area contributed by atoms with Crippen LogP contribution in [0.1, 0.15) is 32.1 Å². The maximum Gasteiger partial charge on any atom is 0.240 e. The van der Waals surface area contributed by atoms with Gasteiger partial charge in [0.25, 0.3) is 0 Å². The maximum atomic E-state index is 11.9. The quantitative estimate of drug-likeness (QED) is 0.680. The Balaban J connectivity index is 1.83. The van der Waals surface area contributed by atoms with Crippen molar-refractivity contribution in [3.05, 3.63) is 0 Å². The Labute approximate surface area is 91.2 Å². The second-order valence-corrected chi connectivity index (χ2v) is 5.08. The molecule has 4 heteroatoms. The minimum Gasteiger partial charge on any atom is -0.350 e. The molecule has 1 heterocycles. The zero-order valence-electron chi connectivity index (χ0n) is 9.46. The van der Waals surface area contributed by atoms with Gasteiger partial charge in [0.1, 0.15) is 0 Å². The van der Waals surface area contributed by atoms with Gasteiger partial charge in [-0.1, -0.05) is 0 Å². The van der Waals surface area contributed by atoms with Crippen LogP contribution in [0.2, 0.25) is 0 Å². The first-order valence-electron chi connectivity index (χ1n) is 5.88. The van der Waals surface area contributed by atoms with Gasteiger partial charge in [-0.2, -0.15) is 0 Å². The van der Waals surface area contributed by atoms with E-state index in [1.807, 2.05) is 0 Å². The van der Waals surface area contributed by atoms with Crippen molar-refractivity contribution in [3.8, 4) is 0 Å². The predicted molar refractivity (Wildman–Crippen MR) is 59.4 cm³/mol. The van der Waals surface area contributed by atoms with Gasteiger partial charge in [-0.15, -0.1) is 0 Å². The highest BCUT2D eigenvalue weighted by Crippen LogP contribution is 2.29. The Morgan fingerprint density at radius 1 is 1.47 bits per heavy atom. The van der Waals surface area contributed by atoms with Crippen LogP contribution in [0.4, 0.5) is 0 Å². The lowest BCUT2D eigenvalue weighted by molar-refractivity contribution is -0.130. The molecule has 2 aliphatic rings. The van der Waals surface area contributed by atoms with E-state index in [9.17, 15) is 4.79 Å². The minimum atomic E-state index is -0.546. The normalized spacial score (nSPS) is 30.7. The molecule has 2 rings (SSSR count). The Morgan fingerprint density at radius 2 is 2.20 bits per heavy atom. The lowest BCUT2D eigenvalue weighted by Crippen LogP contribution is -2.61. The van der Waals surface area contributed by atoms with Crippen LogP contribution in [-0.4, -0.2) is 42.5 Å². The predicted octanol–water partition coefficient (Wildman–Crippen LogP) is 0.0782. The molecule has 15 heavy (non-hydrogen) atoms. The largest absolute Gasteiger partial charge is 0.350 e. The van der Waals surface area contributed by atoms with E-state index in [-0.39, 0.29) is 5.91 Å². The third-order valence-corrected chi connectivity index (χ3v) is 3.66. The Hall–Kier alpha value is -0.610. The van der Waals surface area contributed by atoms with E-state index in [4.69, 9.17) is 5.73 Å². The van der Waals surface area contributed by atoms with E-state index in [1.54, 1.807) is 0 Å². The summed E-state index contributed by atoms with van der Waals surface area (Å²) >= 11 is 0. The van der Waals surface area contributed by atoms with Gasteiger partial charge in [-0.3, -0.25) is 4.79 Å².